The summed E-state index contributed by atoms with van der Waals surface area (Å²) < 4.78 is 2.78. The molecule has 2 saturated heterocycles. The second kappa shape index (κ2) is 7.21. The summed E-state index contributed by atoms with van der Waals surface area (Å²) in [5.41, 5.74) is 0. The Morgan fingerprint density at radius 1 is 0.545 bits per heavy atom. The quantitative estimate of drug-likeness (QED) is 0.687. The van der Waals surface area contributed by atoms with Crippen LogP contribution in [0.25, 0.3) is 0 Å². The zero-order chi connectivity index (χ0) is 15.5. The summed E-state index contributed by atoms with van der Waals surface area (Å²) in [6.07, 6.45) is 15.0. The third kappa shape index (κ3) is 4.47. The molecule has 3 fully saturated rings. The molecule has 0 radical (unpaired) electrons. The lowest BCUT2D eigenvalue weighted by atomic mass is 9.80. The highest BCUT2D eigenvalue weighted by Gasteiger charge is 2.34. The predicted octanol–water partition coefficient (Wildman–Crippen LogP) is 4.05. The molecule has 2 aliphatic heterocycles. The van der Waals surface area contributed by atoms with Gasteiger partial charge in [0.1, 0.15) is 0 Å². The lowest BCUT2D eigenvalue weighted by Crippen LogP contribution is -2.52. The van der Waals surface area contributed by atoms with Crippen molar-refractivity contribution in [2.75, 3.05) is 53.4 Å². The van der Waals surface area contributed by atoms with E-state index in [0.717, 1.165) is 11.8 Å². The summed E-state index contributed by atoms with van der Waals surface area (Å²) in [6, 6.07) is 0. The summed E-state index contributed by atoms with van der Waals surface area (Å²) in [6.45, 7) is 8.78. The van der Waals surface area contributed by atoms with Gasteiger partial charge in [-0.25, -0.2) is 0 Å². The van der Waals surface area contributed by atoms with Crippen molar-refractivity contribution in [1.82, 2.24) is 0 Å². The number of hydrogen-bond acceptors (Lipinski definition) is 0. The van der Waals surface area contributed by atoms with E-state index in [0.29, 0.717) is 0 Å². The van der Waals surface area contributed by atoms with Crippen molar-refractivity contribution in [3.05, 3.63) is 0 Å². The zero-order valence-electron chi connectivity index (χ0n) is 15.4. The van der Waals surface area contributed by atoms with Crippen molar-refractivity contribution >= 4 is 0 Å². The first kappa shape index (κ1) is 16.8. The van der Waals surface area contributed by atoms with Crippen molar-refractivity contribution in [2.45, 2.75) is 64.2 Å². The van der Waals surface area contributed by atoms with E-state index in [1.165, 1.54) is 112 Å². The van der Waals surface area contributed by atoms with Gasteiger partial charge in [-0.05, 0) is 64.2 Å². The van der Waals surface area contributed by atoms with Crippen LogP contribution in [0.3, 0.4) is 0 Å². The van der Waals surface area contributed by atoms with Crippen LogP contribution in [-0.2, 0) is 0 Å². The van der Waals surface area contributed by atoms with Gasteiger partial charge in [-0.15, -0.1) is 0 Å². The highest BCUT2D eigenvalue weighted by molar-refractivity contribution is 4.73. The zero-order valence-corrected chi connectivity index (χ0v) is 15.4. The van der Waals surface area contributed by atoms with Crippen LogP contribution in [-0.4, -0.2) is 62.3 Å². The number of likely N-dealkylation sites (tertiary alicyclic amines) is 2. The minimum Gasteiger partial charge on any atom is -0.326 e. The van der Waals surface area contributed by atoms with Gasteiger partial charge in [-0.3, -0.25) is 0 Å². The van der Waals surface area contributed by atoms with Gasteiger partial charge in [-0.2, -0.15) is 0 Å². The molecule has 2 heteroatoms. The van der Waals surface area contributed by atoms with Gasteiger partial charge in [0.15, 0.2) is 0 Å². The topological polar surface area (TPSA) is 0 Å². The van der Waals surface area contributed by atoms with Gasteiger partial charge in [0.2, 0.25) is 0 Å². The minimum atomic E-state index is 1.03. The summed E-state index contributed by atoms with van der Waals surface area (Å²) in [5, 5.41) is 0. The number of quaternary nitrogens is 2. The lowest BCUT2D eigenvalue weighted by molar-refractivity contribution is -0.919. The molecule has 0 aromatic rings. The molecule has 128 valence electrons. The summed E-state index contributed by atoms with van der Waals surface area (Å²) >= 11 is 0. The minimum absolute atomic E-state index is 1.03. The fourth-order valence-electron chi connectivity index (χ4n) is 5.76. The van der Waals surface area contributed by atoms with E-state index in [1.807, 2.05) is 0 Å². The molecule has 3 aliphatic rings. The molecule has 1 saturated carbocycles. The molecule has 22 heavy (non-hydrogen) atoms. The fourth-order valence-corrected chi connectivity index (χ4v) is 5.76. The smallest absolute Gasteiger partial charge is 0.0813 e. The molecule has 2 heterocycles. The summed E-state index contributed by atoms with van der Waals surface area (Å²) in [4.78, 5) is 0. The van der Waals surface area contributed by atoms with Crippen molar-refractivity contribution in [3.8, 4) is 0 Å². The molecule has 0 unspecified atom stereocenters. The number of nitrogens with zero attached hydrogens (tertiary/aromatic N) is 2. The fraction of sp³-hybridized carbons (Fsp3) is 1.00. The molecule has 0 N–H and O–H groups in total. The average Bonchev–Trinajstić information content (AvgIpc) is 2.50. The van der Waals surface area contributed by atoms with Crippen LogP contribution in [0.1, 0.15) is 64.2 Å². The van der Waals surface area contributed by atoms with Crippen LogP contribution < -0.4 is 0 Å². The maximum absolute atomic E-state index is 2.53. The van der Waals surface area contributed by atoms with E-state index in [4.69, 9.17) is 0 Å². The largest absolute Gasteiger partial charge is 0.326 e. The van der Waals surface area contributed by atoms with Gasteiger partial charge < -0.3 is 8.97 Å². The van der Waals surface area contributed by atoms with E-state index in [2.05, 4.69) is 14.1 Å². The third-order valence-corrected chi connectivity index (χ3v) is 7.16. The average molecular weight is 309 g/mol. The van der Waals surface area contributed by atoms with Gasteiger partial charge in [0.25, 0.3) is 0 Å². The lowest BCUT2D eigenvalue weighted by Gasteiger charge is -2.44. The van der Waals surface area contributed by atoms with Crippen LogP contribution in [0, 0.1) is 11.8 Å². The molecule has 0 aromatic carbocycles. The molecule has 0 spiro atoms. The van der Waals surface area contributed by atoms with Crippen molar-refractivity contribution in [2.24, 2.45) is 11.8 Å². The Morgan fingerprint density at radius 3 is 1.18 bits per heavy atom. The number of hydrogen-bond donors (Lipinski definition) is 0. The molecular weight excluding hydrogens is 268 g/mol. The Morgan fingerprint density at radius 2 is 0.864 bits per heavy atom. The number of piperidine rings is 2. The van der Waals surface area contributed by atoms with Crippen LogP contribution in [0.2, 0.25) is 0 Å². The SMILES string of the molecule is C[N+]1(CC2CCC(C[N+]3(C)CCCCC3)CC2)CCCCC1. The molecule has 3 rings (SSSR count). The van der Waals surface area contributed by atoms with Crippen molar-refractivity contribution in [1.29, 1.82) is 0 Å². The molecule has 0 amide bonds. The standard InChI is InChI=1S/C20H40N2/c1-21(13-5-3-6-14-21)17-19-9-11-20(12-10-19)18-22(2)15-7-4-8-16-22/h19-20H,3-18H2,1-2H3/q+2. The molecule has 0 aromatic heterocycles. The second-order valence-corrected chi connectivity index (χ2v) is 9.51. The Kier molecular flexibility index (Phi) is 5.50. The first-order valence-electron chi connectivity index (χ1n) is 10.2. The van der Waals surface area contributed by atoms with Gasteiger partial charge in [0.05, 0.1) is 53.4 Å². The van der Waals surface area contributed by atoms with Gasteiger partial charge in [-0.1, -0.05) is 0 Å². The maximum atomic E-state index is 2.53. The Labute approximate surface area is 139 Å². The molecule has 1 aliphatic carbocycles. The van der Waals surface area contributed by atoms with Crippen LogP contribution in [0.5, 0.6) is 0 Å². The first-order valence-corrected chi connectivity index (χ1v) is 10.2. The summed E-state index contributed by atoms with van der Waals surface area (Å²) in [7, 11) is 5.07. The monoisotopic (exact) mass is 308 g/mol. The van der Waals surface area contributed by atoms with Crippen LogP contribution in [0.4, 0.5) is 0 Å². The predicted molar refractivity (Wildman–Crippen MR) is 94.7 cm³/mol. The van der Waals surface area contributed by atoms with E-state index >= 15 is 0 Å². The van der Waals surface area contributed by atoms with Gasteiger partial charge >= 0.3 is 0 Å². The second-order valence-electron chi connectivity index (χ2n) is 9.51. The Bertz CT molecular complexity index is 298. The van der Waals surface area contributed by atoms with E-state index < -0.39 is 0 Å². The molecule has 0 bridgehead atoms. The maximum Gasteiger partial charge on any atom is 0.0813 e. The molecule has 2 nitrogen and oxygen atoms in total. The normalized spacial score (nSPS) is 35.2. The Hall–Kier alpha value is -0.0800. The Balaban J connectivity index is 1.42. The summed E-state index contributed by atoms with van der Waals surface area (Å²) in [5.74, 6) is 2.07. The van der Waals surface area contributed by atoms with Crippen LogP contribution in [0.15, 0.2) is 0 Å². The van der Waals surface area contributed by atoms with Crippen LogP contribution >= 0.6 is 0 Å². The highest BCUT2D eigenvalue weighted by Crippen LogP contribution is 2.33. The first-order chi connectivity index (χ1) is 10.6. The van der Waals surface area contributed by atoms with E-state index in [1.54, 1.807) is 0 Å². The van der Waals surface area contributed by atoms with E-state index in [9.17, 15) is 0 Å². The van der Waals surface area contributed by atoms with Gasteiger partial charge in [0, 0.05) is 11.8 Å². The third-order valence-electron chi connectivity index (χ3n) is 7.16. The van der Waals surface area contributed by atoms with E-state index in [-0.39, 0.29) is 0 Å². The highest BCUT2D eigenvalue weighted by atomic mass is 15.3. The van der Waals surface area contributed by atoms with Crippen molar-refractivity contribution < 1.29 is 8.97 Å². The molecular formula is C20H40N2+2. The van der Waals surface area contributed by atoms with Crippen molar-refractivity contribution in [3.63, 3.8) is 0 Å². The molecule has 0 atom stereocenters. The number of rotatable bonds is 4.